The van der Waals surface area contributed by atoms with Crippen LogP contribution in [0.5, 0.6) is 0 Å². The Hall–Kier alpha value is -4.25. The molecule has 1 N–H and O–H groups in total. The second-order valence-corrected chi connectivity index (χ2v) is 9.05. The van der Waals surface area contributed by atoms with Crippen molar-refractivity contribution in [2.45, 2.75) is 25.8 Å². The maximum atomic E-state index is 15.2. The number of aromatic nitrogens is 1. The number of anilines is 1. The van der Waals surface area contributed by atoms with E-state index < -0.39 is 5.92 Å². The number of amides is 1. The lowest BCUT2D eigenvalue weighted by molar-refractivity contribution is -0.116. The summed E-state index contributed by atoms with van der Waals surface area (Å²) in [5, 5.41) is 3.90. The van der Waals surface area contributed by atoms with E-state index >= 15 is 4.39 Å². The van der Waals surface area contributed by atoms with Crippen LogP contribution in [0.25, 0.3) is 10.9 Å². The number of carbonyl (C=O) groups excluding carboxylic acids is 1. The third-order valence-electron chi connectivity index (χ3n) is 6.43. The molecule has 0 aliphatic heterocycles. The normalized spacial score (nSPS) is 12.0. The number of para-hydroxylation sites is 2. The fraction of sp³-hybridized carbons (Fsp3) is 0.129. The summed E-state index contributed by atoms with van der Waals surface area (Å²) in [5.41, 5.74) is 4.91. The third-order valence-corrected chi connectivity index (χ3v) is 6.43. The number of carbonyl (C=O) groups is 1. The van der Waals surface area contributed by atoms with Gasteiger partial charge in [0.25, 0.3) is 0 Å². The van der Waals surface area contributed by atoms with Crippen LogP contribution in [0.4, 0.5) is 14.5 Å². The third kappa shape index (κ3) is 5.05. The SMILES string of the molecule is Cc1ccc(F)c(C(CC(=O)Nc2ccccc2)c2cn(Cc3ccc(F)cc3)c3ccccc23)c1. The largest absolute Gasteiger partial charge is 0.343 e. The minimum absolute atomic E-state index is 0.0832. The molecule has 1 amide bonds. The first-order chi connectivity index (χ1) is 17.5. The lowest BCUT2D eigenvalue weighted by Crippen LogP contribution is -2.17. The standard InChI is InChI=1S/C31H26F2N2O/c1-21-11-16-29(33)27(17-21)26(18-31(36)34-24-7-3-2-4-8-24)28-20-35(30-10-6-5-9-25(28)30)19-22-12-14-23(32)15-13-22/h2-17,20,26H,18-19H2,1H3,(H,34,36). The van der Waals surface area contributed by atoms with E-state index in [1.165, 1.54) is 18.2 Å². The first-order valence-corrected chi connectivity index (χ1v) is 11.9. The molecule has 4 aromatic carbocycles. The Kier molecular flexibility index (Phi) is 6.63. The van der Waals surface area contributed by atoms with E-state index in [9.17, 15) is 9.18 Å². The van der Waals surface area contributed by atoms with Crippen molar-refractivity contribution >= 4 is 22.5 Å². The van der Waals surface area contributed by atoms with E-state index in [1.54, 1.807) is 18.2 Å². The molecule has 0 spiro atoms. The van der Waals surface area contributed by atoms with Crippen molar-refractivity contribution in [3.63, 3.8) is 0 Å². The highest BCUT2D eigenvalue weighted by Gasteiger charge is 2.25. The van der Waals surface area contributed by atoms with Crippen molar-refractivity contribution in [2.75, 3.05) is 5.32 Å². The van der Waals surface area contributed by atoms with Crippen LogP contribution in [0.15, 0.2) is 103 Å². The molecule has 0 saturated carbocycles. The second-order valence-electron chi connectivity index (χ2n) is 9.05. The van der Waals surface area contributed by atoms with Crippen molar-refractivity contribution < 1.29 is 13.6 Å². The van der Waals surface area contributed by atoms with E-state index in [0.29, 0.717) is 17.8 Å². The average Bonchev–Trinajstić information content (AvgIpc) is 3.24. The molecule has 36 heavy (non-hydrogen) atoms. The summed E-state index contributed by atoms with van der Waals surface area (Å²) in [6.07, 6.45) is 2.08. The van der Waals surface area contributed by atoms with Crippen molar-refractivity contribution in [3.05, 3.63) is 137 Å². The number of hydrogen-bond acceptors (Lipinski definition) is 1. The Morgan fingerprint density at radius 3 is 2.36 bits per heavy atom. The molecular weight excluding hydrogens is 454 g/mol. The highest BCUT2D eigenvalue weighted by molar-refractivity contribution is 5.93. The van der Waals surface area contributed by atoms with E-state index in [0.717, 1.165) is 27.6 Å². The molecule has 5 rings (SSSR count). The van der Waals surface area contributed by atoms with Crippen LogP contribution in [-0.4, -0.2) is 10.5 Å². The quantitative estimate of drug-likeness (QED) is 0.258. The average molecular weight is 481 g/mol. The van der Waals surface area contributed by atoms with Gasteiger partial charge in [-0.15, -0.1) is 0 Å². The Balaban J connectivity index is 1.58. The van der Waals surface area contributed by atoms with E-state index in [4.69, 9.17) is 0 Å². The molecule has 1 aromatic heterocycles. The zero-order chi connectivity index (χ0) is 25.1. The molecule has 0 radical (unpaired) electrons. The topological polar surface area (TPSA) is 34.0 Å². The van der Waals surface area contributed by atoms with Crippen LogP contribution in [-0.2, 0) is 11.3 Å². The number of halogens is 2. The molecule has 5 aromatic rings. The molecule has 0 saturated heterocycles. The lowest BCUT2D eigenvalue weighted by Gasteiger charge is -2.19. The van der Waals surface area contributed by atoms with Gasteiger partial charge in [-0.3, -0.25) is 4.79 Å². The van der Waals surface area contributed by atoms with E-state index in [-0.39, 0.29) is 24.0 Å². The minimum atomic E-state index is -0.493. The van der Waals surface area contributed by atoms with Crippen molar-refractivity contribution in [1.82, 2.24) is 4.57 Å². The summed E-state index contributed by atoms with van der Waals surface area (Å²) in [4.78, 5) is 13.2. The van der Waals surface area contributed by atoms with Crippen molar-refractivity contribution in [1.29, 1.82) is 0 Å². The van der Waals surface area contributed by atoms with E-state index in [1.807, 2.05) is 73.8 Å². The molecule has 3 nitrogen and oxygen atoms in total. The smallest absolute Gasteiger partial charge is 0.225 e. The minimum Gasteiger partial charge on any atom is -0.343 e. The fourth-order valence-electron chi connectivity index (χ4n) is 4.71. The summed E-state index contributed by atoms with van der Waals surface area (Å²) in [6, 6.07) is 28.6. The van der Waals surface area contributed by atoms with Gasteiger partial charge in [0.1, 0.15) is 11.6 Å². The zero-order valence-corrected chi connectivity index (χ0v) is 19.9. The summed E-state index contributed by atoms with van der Waals surface area (Å²) >= 11 is 0. The molecule has 1 unspecified atom stereocenters. The van der Waals surface area contributed by atoms with Crippen LogP contribution >= 0.6 is 0 Å². The van der Waals surface area contributed by atoms with Gasteiger partial charge in [0.2, 0.25) is 5.91 Å². The predicted molar refractivity (Wildman–Crippen MR) is 140 cm³/mol. The van der Waals surface area contributed by atoms with Gasteiger partial charge < -0.3 is 9.88 Å². The summed E-state index contributed by atoms with van der Waals surface area (Å²) in [7, 11) is 0. The first kappa shape index (κ1) is 23.5. The number of nitrogens with zero attached hydrogens (tertiary/aromatic N) is 1. The van der Waals surface area contributed by atoms with Crippen LogP contribution in [0, 0.1) is 18.6 Å². The number of nitrogens with one attached hydrogen (secondary N) is 1. The Bertz CT molecular complexity index is 1510. The van der Waals surface area contributed by atoms with Gasteiger partial charge in [-0.1, -0.05) is 66.2 Å². The molecule has 0 aliphatic carbocycles. The molecule has 5 heteroatoms. The molecule has 1 heterocycles. The monoisotopic (exact) mass is 480 g/mol. The van der Waals surface area contributed by atoms with Gasteiger partial charge in [-0.25, -0.2) is 8.78 Å². The molecule has 0 fully saturated rings. The fourth-order valence-corrected chi connectivity index (χ4v) is 4.71. The molecular formula is C31H26F2N2O. The number of fused-ring (bicyclic) bond motifs is 1. The van der Waals surface area contributed by atoms with Crippen LogP contribution in [0.2, 0.25) is 0 Å². The second kappa shape index (κ2) is 10.2. The molecule has 0 aliphatic rings. The summed E-state index contributed by atoms with van der Waals surface area (Å²) in [6.45, 7) is 2.45. The van der Waals surface area contributed by atoms with Crippen molar-refractivity contribution in [3.8, 4) is 0 Å². The predicted octanol–water partition coefficient (Wildman–Crippen LogP) is 7.44. The maximum absolute atomic E-state index is 15.2. The van der Waals surface area contributed by atoms with E-state index in [2.05, 4.69) is 9.88 Å². The maximum Gasteiger partial charge on any atom is 0.225 e. The van der Waals surface area contributed by atoms with Crippen LogP contribution in [0.3, 0.4) is 0 Å². The summed E-state index contributed by atoms with van der Waals surface area (Å²) in [5.74, 6) is -1.31. The van der Waals surface area contributed by atoms with Gasteiger partial charge in [0.05, 0.1) is 0 Å². The number of hydrogen-bond donors (Lipinski definition) is 1. The Morgan fingerprint density at radius 2 is 1.58 bits per heavy atom. The van der Waals surface area contributed by atoms with Gasteiger partial charge in [0.15, 0.2) is 0 Å². The highest BCUT2D eigenvalue weighted by Crippen LogP contribution is 2.37. The van der Waals surface area contributed by atoms with Gasteiger partial charge in [-0.05, 0) is 60.0 Å². The number of aryl methyl sites for hydroxylation is 1. The van der Waals surface area contributed by atoms with Crippen molar-refractivity contribution in [2.24, 2.45) is 0 Å². The number of benzene rings is 4. The molecule has 0 bridgehead atoms. The summed E-state index contributed by atoms with van der Waals surface area (Å²) < 4.78 is 30.7. The highest BCUT2D eigenvalue weighted by atomic mass is 19.1. The number of rotatable bonds is 7. The first-order valence-electron chi connectivity index (χ1n) is 11.9. The van der Waals surface area contributed by atoms with Gasteiger partial charge in [-0.2, -0.15) is 0 Å². The van der Waals surface area contributed by atoms with Crippen LogP contribution < -0.4 is 5.32 Å². The molecule has 1 atom stereocenters. The van der Waals surface area contributed by atoms with Gasteiger partial charge in [0, 0.05) is 41.7 Å². The zero-order valence-electron chi connectivity index (χ0n) is 19.9. The van der Waals surface area contributed by atoms with Crippen LogP contribution in [0.1, 0.15) is 34.6 Å². The Morgan fingerprint density at radius 1 is 0.861 bits per heavy atom. The lowest BCUT2D eigenvalue weighted by atomic mass is 9.87. The van der Waals surface area contributed by atoms with Gasteiger partial charge >= 0.3 is 0 Å². The Labute approximate surface area is 209 Å². The molecule has 180 valence electrons.